The summed E-state index contributed by atoms with van der Waals surface area (Å²) in [5, 5.41) is 2.96. The molecule has 0 fully saturated rings. The third kappa shape index (κ3) is 8.42. The minimum atomic E-state index is -4.29. The number of carbonyl (C=O) groups is 2. The maximum absolute atomic E-state index is 14.5. The van der Waals surface area contributed by atoms with E-state index in [4.69, 9.17) is 9.47 Å². The molecular formula is C35H39N3O6S. The van der Waals surface area contributed by atoms with Crippen molar-refractivity contribution in [3.05, 3.63) is 120 Å². The molecule has 0 unspecified atom stereocenters. The molecule has 0 heterocycles. The molecule has 4 aromatic rings. The van der Waals surface area contributed by atoms with Crippen molar-refractivity contribution in [1.29, 1.82) is 0 Å². The van der Waals surface area contributed by atoms with Crippen molar-refractivity contribution in [1.82, 2.24) is 10.2 Å². The van der Waals surface area contributed by atoms with Gasteiger partial charge in [0.05, 0.1) is 24.8 Å². The van der Waals surface area contributed by atoms with E-state index >= 15 is 0 Å². The van der Waals surface area contributed by atoms with Crippen molar-refractivity contribution >= 4 is 27.5 Å². The SMILES string of the molecule is COc1ccc(S(=O)(=O)N(CC(=O)N(Cc2ccccc2)[C@H](Cc2ccccc2)C(=O)NC(C)C)c2ccccc2OC)cc1. The number of carbonyl (C=O) groups excluding carboxylic acids is 2. The first-order valence-electron chi connectivity index (χ1n) is 14.6. The Kier molecular flexibility index (Phi) is 11.2. The molecule has 0 aliphatic carbocycles. The third-order valence-corrected chi connectivity index (χ3v) is 8.95. The number of methoxy groups -OCH3 is 2. The van der Waals surface area contributed by atoms with Gasteiger partial charge in [0.25, 0.3) is 10.0 Å². The second-order valence-electron chi connectivity index (χ2n) is 10.7. The lowest BCUT2D eigenvalue weighted by atomic mass is 10.0. The lowest BCUT2D eigenvalue weighted by Gasteiger charge is -2.34. The Hall–Kier alpha value is -4.83. The maximum atomic E-state index is 14.5. The maximum Gasteiger partial charge on any atom is 0.264 e. The number of sulfonamides is 1. The average Bonchev–Trinajstić information content (AvgIpc) is 3.05. The van der Waals surface area contributed by atoms with Gasteiger partial charge < -0.3 is 19.7 Å². The number of benzene rings is 4. The minimum Gasteiger partial charge on any atom is -0.497 e. The zero-order valence-electron chi connectivity index (χ0n) is 25.9. The first-order chi connectivity index (χ1) is 21.6. The number of rotatable bonds is 14. The van der Waals surface area contributed by atoms with Crippen LogP contribution in [0.1, 0.15) is 25.0 Å². The summed E-state index contributed by atoms with van der Waals surface area (Å²) < 4.78 is 40.2. The van der Waals surface area contributed by atoms with Gasteiger partial charge in [0.15, 0.2) is 0 Å². The molecule has 0 aromatic heterocycles. The van der Waals surface area contributed by atoms with Crippen LogP contribution in [-0.2, 0) is 32.6 Å². The van der Waals surface area contributed by atoms with Gasteiger partial charge in [0.1, 0.15) is 24.1 Å². The molecule has 2 amide bonds. The Bertz CT molecular complexity index is 1660. The molecule has 236 valence electrons. The molecular weight excluding hydrogens is 590 g/mol. The second-order valence-corrected chi connectivity index (χ2v) is 12.6. The number of ether oxygens (including phenoxy) is 2. The van der Waals surface area contributed by atoms with Gasteiger partial charge in [0, 0.05) is 19.0 Å². The normalized spacial score (nSPS) is 11.8. The molecule has 0 aliphatic heterocycles. The van der Waals surface area contributed by atoms with Crippen LogP contribution in [0, 0.1) is 0 Å². The van der Waals surface area contributed by atoms with Crippen molar-refractivity contribution in [2.45, 2.75) is 43.8 Å². The van der Waals surface area contributed by atoms with Crippen LogP contribution < -0.4 is 19.1 Å². The summed E-state index contributed by atoms with van der Waals surface area (Å²) in [6.45, 7) is 3.21. The molecule has 0 saturated carbocycles. The van der Waals surface area contributed by atoms with Crippen molar-refractivity contribution < 1.29 is 27.5 Å². The number of amides is 2. The topological polar surface area (TPSA) is 105 Å². The monoisotopic (exact) mass is 629 g/mol. The summed E-state index contributed by atoms with van der Waals surface area (Å²) in [5.74, 6) is -0.125. The van der Waals surface area contributed by atoms with Gasteiger partial charge in [-0.3, -0.25) is 13.9 Å². The Balaban J connectivity index is 1.82. The van der Waals surface area contributed by atoms with E-state index in [1.165, 1.54) is 31.3 Å². The number of hydrogen-bond acceptors (Lipinski definition) is 6. The number of anilines is 1. The summed E-state index contributed by atoms with van der Waals surface area (Å²) in [4.78, 5) is 29.7. The summed E-state index contributed by atoms with van der Waals surface area (Å²) in [5.41, 5.74) is 1.85. The highest BCUT2D eigenvalue weighted by Crippen LogP contribution is 2.33. The fraction of sp³-hybridized carbons (Fsp3) is 0.257. The average molecular weight is 630 g/mol. The van der Waals surface area contributed by atoms with E-state index in [1.807, 2.05) is 74.5 Å². The van der Waals surface area contributed by atoms with Crippen LogP contribution >= 0.6 is 0 Å². The molecule has 1 N–H and O–H groups in total. The van der Waals surface area contributed by atoms with Crippen molar-refractivity contribution in [2.24, 2.45) is 0 Å². The van der Waals surface area contributed by atoms with Gasteiger partial charge in [-0.05, 0) is 61.4 Å². The summed E-state index contributed by atoms with van der Waals surface area (Å²) >= 11 is 0. The van der Waals surface area contributed by atoms with Crippen LogP contribution in [0.25, 0.3) is 0 Å². The van der Waals surface area contributed by atoms with E-state index in [-0.39, 0.29) is 41.2 Å². The fourth-order valence-electron chi connectivity index (χ4n) is 4.94. The summed E-state index contributed by atoms with van der Waals surface area (Å²) in [6.07, 6.45) is 0.234. The highest BCUT2D eigenvalue weighted by Gasteiger charge is 2.35. The molecule has 0 bridgehead atoms. The molecule has 0 aliphatic rings. The van der Waals surface area contributed by atoms with Crippen LogP contribution in [-0.4, -0.2) is 58.0 Å². The molecule has 45 heavy (non-hydrogen) atoms. The molecule has 0 saturated heterocycles. The van der Waals surface area contributed by atoms with Crippen molar-refractivity contribution in [2.75, 3.05) is 25.1 Å². The minimum absolute atomic E-state index is 0.0324. The first-order valence-corrected chi connectivity index (χ1v) is 16.1. The van der Waals surface area contributed by atoms with Gasteiger partial charge >= 0.3 is 0 Å². The van der Waals surface area contributed by atoms with Crippen LogP contribution in [0.15, 0.2) is 114 Å². The van der Waals surface area contributed by atoms with Gasteiger partial charge in [-0.15, -0.1) is 0 Å². The smallest absolute Gasteiger partial charge is 0.264 e. The Morgan fingerprint density at radius 1 is 0.756 bits per heavy atom. The standard InChI is InChI=1S/C35H39N3O6S/c1-26(2)36-35(40)32(23-27-13-7-5-8-14-27)37(24-28-15-9-6-10-16-28)34(39)25-38(31-17-11-12-18-33(31)44-4)45(41,42)30-21-19-29(43-3)20-22-30/h5-22,26,32H,23-25H2,1-4H3,(H,36,40)/t32-/m1/s1. The highest BCUT2D eigenvalue weighted by molar-refractivity contribution is 7.92. The second kappa shape index (κ2) is 15.3. The first kappa shape index (κ1) is 33.1. The molecule has 0 radical (unpaired) electrons. The van der Waals surface area contributed by atoms with E-state index in [0.29, 0.717) is 5.75 Å². The molecule has 4 aromatic carbocycles. The van der Waals surface area contributed by atoms with Crippen LogP contribution in [0.5, 0.6) is 11.5 Å². The summed E-state index contributed by atoms with van der Waals surface area (Å²) in [6, 6.07) is 30.2. The van der Waals surface area contributed by atoms with Gasteiger partial charge in [0.2, 0.25) is 11.8 Å². The quantitative estimate of drug-likeness (QED) is 0.209. The third-order valence-electron chi connectivity index (χ3n) is 7.18. The van der Waals surface area contributed by atoms with Crippen LogP contribution in [0.4, 0.5) is 5.69 Å². The van der Waals surface area contributed by atoms with Crippen LogP contribution in [0.3, 0.4) is 0 Å². The molecule has 10 heteroatoms. The van der Waals surface area contributed by atoms with E-state index < -0.39 is 28.5 Å². The zero-order chi connectivity index (χ0) is 32.4. The number of hydrogen-bond donors (Lipinski definition) is 1. The molecule has 4 rings (SSSR count). The zero-order valence-corrected chi connectivity index (χ0v) is 26.7. The van der Waals surface area contributed by atoms with Crippen molar-refractivity contribution in [3.63, 3.8) is 0 Å². The lowest BCUT2D eigenvalue weighted by Crippen LogP contribution is -2.54. The fourth-order valence-corrected chi connectivity index (χ4v) is 6.36. The predicted octanol–water partition coefficient (Wildman–Crippen LogP) is 5.06. The van der Waals surface area contributed by atoms with Gasteiger partial charge in [-0.1, -0.05) is 72.8 Å². The van der Waals surface area contributed by atoms with E-state index in [1.54, 1.807) is 36.4 Å². The van der Waals surface area contributed by atoms with Crippen LogP contribution in [0.2, 0.25) is 0 Å². The molecule has 0 spiro atoms. The van der Waals surface area contributed by atoms with Gasteiger partial charge in [-0.2, -0.15) is 0 Å². The number of para-hydroxylation sites is 2. The molecule has 1 atom stereocenters. The Morgan fingerprint density at radius 2 is 1.33 bits per heavy atom. The van der Waals surface area contributed by atoms with E-state index in [2.05, 4.69) is 5.32 Å². The molecule has 9 nitrogen and oxygen atoms in total. The summed E-state index contributed by atoms with van der Waals surface area (Å²) in [7, 11) is -1.36. The Labute approximate surface area is 265 Å². The lowest BCUT2D eigenvalue weighted by molar-refractivity contribution is -0.140. The van der Waals surface area contributed by atoms with E-state index in [0.717, 1.165) is 15.4 Å². The number of nitrogens with one attached hydrogen (secondary N) is 1. The number of nitrogens with zero attached hydrogens (tertiary/aromatic N) is 2. The Morgan fingerprint density at radius 3 is 1.91 bits per heavy atom. The van der Waals surface area contributed by atoms with Crippen molar-refractivity contribution in [3.8, 4) is 11.5 Å². The highest BCUT2D eigenvalue weighted by atomic mass is 32.2. The van der Waals surface area contributed by atoms with Gasteiger partial charge in [-0.25, -0.2) is 8.42 Å². The predicted molar refractivity (Wildman–Crippen MR) is 175 cm³/mol. The largest absolute Gasteiger partial charge is 0.497 e. The van der Waals surface area contributed by atoms with E-state index in [9.17, 15) is 18.0 Å².